The second-order valence-corrected chi connectivity index (χ2v) is 5.69. The summed E-state index contributed by atoms with van der Waals surface area (Å²) < 4.78 is 0. The predicted molar refractivity (Wildman–Crippen MR) is 89.3 cm³/mol. The van der Waals surface area contributed by atoms with Gasteiger partial charge in [-0.05, 0) is 26.1 Å². The average molecular weight is 312 g/mol. The number of carbonyl (C=O) groups is 1. The van der Waals surface area contributed by atoms with Gasteiger partial charge >= 0.3 is 0 Å². The maximum atomic E-state index is 11.5. The van der Waals surface area contributed by atoms with Crippen LogP contribution >= 0.6 is 0 Å². The number of Topliss-reactive ketones (excluding diaryl/α,β-unsaturated/α-hetero) is 1. The normalized spacial score (nSPS) is 15.5. The number of nitrogens with zero attached hydrogens (tertiary/aromatic N) is 5. The first-order valence-corrected chi connectivity index (χ1v) is 7.63. The zero-order valence-corrected chi connectivity index (χ0v) is 13.4. The van der Waals surface area contributed by atoms with E-state index in [1.807, 2.05) is 12.1 Å². The van der Waals surface area contributed by atoms with Gasteiger partial charge in [-0.15, -0.1) is 5.10 Å². The van der Waals surface area contributed by atoms with Gasteiger partial charge in [-0.3, -0.25) is 4.79 Å². The number of nitrogens with one attached hydrogen (secondary N) is 1. The number of carbonyl (C=O) groups excluding carboxylic acids is 1. The second kappa shape index (κ2) is 6.70. The molecule has 7 nitrogen and oxygen atoms in total. The van der Waals surface area contributed by atoms with E-state index >= 15 is 0 Å². The number of anilines is 3. The quantitative estimate of drug-likeness (QED) is 0.859. The van der Waals surface area contributed by atoms with Gasteiger partial charge < -0.3 is 15.1 Å². The molecule has 1 fully saturated rings. The summed E-state index contributed by atoms with van der Waals surface area (Å²) in [5.41, 5.74) is 1.47. The van der Waals surface area contributed by atoms with Crippen molar-refractivity contribution < 1.29 is 4.79 Å². The summed E-state index contributed by atoms with van der Waals surface area (Å²) in [6.07, 6.45) is 1.58. The van der Waals surface area contributed by atoms with Crippen molar-refractivity contribution in [2.24, 2.45) is 0 Å². The standard InChI is InChI=1S/C16H20N6O/c1-12(23)13-4-3-5-14(10-13)18-15-11-17-20-16(19-15)22-8-6-21(2)7-9-22/h3-5,10-11H,6-9H2,1-2H3,(H,18,19,20). The molecule has 120 valence electrons. The molecule has 23 heavy (non-hydrogen) atoms. The fourth-order valence-corrected chi connectivity index (χ4v) is 2.46. The fourth-order valence-electron chi connectivity index (χ4n) is 2.46. The van der Waals surface area contributed by atoms with Gasteiger partial charge in [0.05, 0.1) is 6.20 Å². The van der Waals surface area contributed by atoms with Crippen LogP contribution in [0, 0.1) is 0 Å². The number of hydrogen-bond donors (Lipinski definition) is 1. The summed E-state index contributed by atoms with van der Waals surface area (Å²) in [5, 5.41) is 11.3. The van der Waals surface area contributed by atoms with Gasteiger partial charge in [0.25, 0.3) is 0 Å². The van der Waals surface area contributed by atoms with Crippen LogP contribution in [0.1, 0.15) is 17.3 Å². The van der Waals surface area contributed by atoms with E-state index in [9.17, 15) is 4.79 Å². The van der Waals surface area contributed by atoms with Crippen LogP contribution < -0.4 is 10.2 Å². The van der Waals surface area contributed by atoms with Gasteiger partial charge in [0.2, 0.25) is 5.95 Å². The lowest BCUT2D eigenvalue weighted by molar-refractivity contribution is 0.101. The Balaban J connectivity index is 1.75. The zero-order valence-electron chi connectivity index (χ0n) is 13.4. The molecule has 1 aromatic heterocycles. The Bertz CT molecular complexity index is 696. The van der Waals surface area contributed by atoms with Crippen molar-refractivity contribution in [3.05, 3.63) is 36.0 Å². The Morgan fingerprint density at radius 1 is 1.22 bits per heavy atom. The third-order valence-electron chi connectivity index (χ3n) is 3.88. The van der Waals surface area contributed by atoms with E-state index in [1.165, 1.54) is 0 Å². The Kier molecular flexibility index (Phi) is 4.47. The van der Waals surface area contributed by atoms with Crippen LogP contribution in [-0.2, 0) is 0 Å². The van der Waals surface area contributed by atoms with Crippen molar-refractivity contribution in [2.75, 3.05) is 43.4 Å². The van der Waals surface area contributed by atoms with Crippen LogP contribution in [0.25, 0.3) is 0 Å². The number of ketones is 1. The first-order chi connectivity index (χ1) is 11.1. The molecule has 0 atom stereocenters. The Labute approximate surface area is 135 Å². The van der Waals surface area contributed by atoms with E-state index in [0.29, 0.717) is 17.3 Å². The van der Waals surface area contributed by atoms with E-state index in [4.69, 9.17) is 0 Å². The lowest BCUT2D eigenvalue weighted by Gasteiger charge is -2.32. The molecule has 1 aliphatic rings. The van der Waals surface area contributed by atoms with E-state index in [2.05, 4.69) is 37.3 Å². The van der Waals surface area contributed by atoms with E-state index in [-0.39, 0.29) is 5.78 Å². The predicted octanol–water partition coefficient (Wildman–Crippen LogP) is 1.57. The van der Waals surface area contributed by atoms with E-state index in [1.54, 1.807) is 25.3 Å². The summed E-state index contributed by atoms with van der Waals surface area (Å²) >= 11 is 0. The summed E-state index contributed by atoms with van der Waals surface area (Å²) in [6, 6.07) is 7.33. The summed E-state index contributed by atoms with van der Waals surface area (Å²) in [5.74, 6) is 1.29. The monoisotopic (exact) mass is 312 g/mol. The SMILES string of the molecule is CC(=O)c1cccc(Nc2cnnc(N3CCN(C)CC3)n2)c1. The highest BCUT2D eigenvalue weighted by molar-refractivity contribution is 5.95. The highest BCUT2D eigenvalue weighted by atomic mass is 16.1. The van der Waals surface area contributed by atoms with Gasteiger partial charge in [0.15, 0.2) is 11.6 Å². The largest absolute Gasteiger partial charge is 0.339 e. The van der Waals surface area contributed by atoms with Gasteiger partial charge in [-0.2, -0.15) is 10.1 Å². The maximum Gasteiger partial charge on any atom is 0.247 e. The number of aromatic nitrogens is 3. The minimum atomic E-state index is 0.0348. The van der Waals surface area contributed by atoms with Gasteiger partial charge in [0.1, 0.15) is 0 Å². The molecule has 1 aliphatic heterocycles. The number of rotatable bonds is 4. The summed E-state index contributed by atoms with van der Waals surface area (Å²) in [4.78, 5) is 20.4. The van der Waals surface area contributed by atoms with Crippen LogP contribution in [0.4, 0.5) is 17.5 Å². The maximum absolute atomic E-state index is 11.5. The van der Waals surface area contributed by atoms with E-state index < -0.39 is 0 Å². The molecule has 0 bridgehead atoms. The number of benzene rings is 1. The first-order valence-electron chi connectivity index (χ1n) is 7.63. The average Bonchev–Trinajstić information content (AvgIpc) is 2.56. The van der Waals surface area contributed by atoms with Crippen LogP contribution in [0.2, 0.25) is 0 Å². The molecule has 0 saturated carbocycles. The van der Waals surface area contributed by atoms with Gasteiger partial charge in [-0.25, -0.2) is 0 Å². The summed E-state index contributed by atoms with van der Waals surface area (Å²) in [6.45, 7) is 5.31. The molecule has 1 N–H and O–H groups in total. The van der Waals surface area contributed by atoms with Crippen molar-refractivity contribution in [2.45, 2.75) is 6.92 Å². The molecule has 2 aromatic rings. The topological polar surface area (TPSA) is 74.2 Å². The van der Waals surface area contributed by atoms with Crippen molar-refractivity contribution >= 4 is 23.2 Å². The molecule has 3 rings (SSSR count). The highest BCUT2D eigenvalue weighted by Crippen LogP contribution is 2.18. The van der Waals surface area contributed by atoms with Crippen LogP contribution in [0.5, 0.6) is 0 Å². The lowest BCUT2D eigenvalue weighted by Crippen LogP contribution is -2.45. The number of likely N-dealkylation sites (N-methyl/N-ethyl adjacent to an activating group) is 1. The van der Waals surface area contributed by atoms with Crippen LogP contribution in [-0.4, -0.2) is 59.1 Å². The summed E-state index contributed by atoms with van der Waals surface area (Å²) in [7, 11) is 2.11. The second-order valence-electron chi connectivity index (χ2n) is 5.69. The minimum Gasteiger partial charge on any atom is -0.339 e. The third kappa shape index (κ3) is 3.81. The number of piperazine rings is 1. The first kappa shape index (κ1) is 15.4. The Hall–Kier alpha value is -2.54. The molecule has 0 unspecified atom stereocenters. The highest BCUT2D eigenvalue weighted by Gasteiger charge is 2.17. The molecule has 1 aromatic carbocycles. The van der Waals surface area contributed by atoms with Crippen LogP contribution in [0.15, 0.2) is 30.5 Å². The van der Waals surface area contributed by atoms with Crippen LogP contribution in [0.3, 0.4) is 0 Å². The fraction of sp³-hybridized carbons (Fsp3) is 0.375. The molecule has 1 saturated heterocycles. The lowest BCUT2D eigenvalue weighted by atomic mass is 10.1. The Morgan fingerprint density at radius 2 is 2.00 bits per heavy atom. The Morgan fingerprint density at radius 3 is 2.74 bits per heavy atom. The van der Waals surface area contributed by atoms with Gasteiger partial charge in [-0.1, -0.05) is 12.1 Å². The van der Waals surface area contributed by atoms with Crippen molar-refractivity contribution in [1.29, 1.82) is 0 Å². The molecule has 0 amide bonds. The van der Waals surface area contributed by atoms with Crippen molar-refractivity contribution in [3.63, 3.8) is 0 Å². The third-order valence-corrected chi connectivity index (χ3v) is 3.88. The number of hydrogen-bond acceptors (Lipinski definition) is 7. The minimum absolute atomic E-state index is 0.0348. The molecule has 0 radical (unpaired) electrons. The molecule has 7 heteroatoms. The van der Waals surface area contributed by atoms with Crippen molar-refractivity contribution in [1.82, 2.24) is 20.1 Å². The molecule has 0 aliphatic carbocycles. The molecular weight excluding hydrogens is 292 g/mol. The van der Waals surface area contributed by atoms with Crippen molar-refractivity contribution in [3.8, 4) is 0 Å². The van der Waals surface area contributed by atoms with E-state index in [0.717, 1.165) is 31.9 Å². The molecule has 0 spiro atoms. The van der Waals surface area contributed by atoms with Gasteiger partial charge in [0, 0.05) is 37.4 Å². The smallest absolute Gasteiger partial charge is 0.247 e. The zero-order chi connectivity index (χ0) is 16.2. The molecular formula is C16H20N6O. The molecule has 2 heterocycles.